The third kappa shape index (κ3) is 9.65. The van der Waals surface area contributed by atoms with E-state index in [2.05, 4.69) is 60.8 Å². The molecule has 0 radical (unpaired) electrons. The smallest absolute Gasteiger partial charge is 0.293 e. The summed E-state index contributed by atoms with van der Waals surface area (Å²) in [5, 5.41) is 20.2. The summed E-state index contributed by atoms with van der Waals surface area (Å²) >= 11 is 6.27. The normalized spacial score (nSPS) is 18.2. The zero-order valence-electron chi connectivity index (χ0n) is 37.7. The maximum Gasteiger partial charge on any atom is 0.293 e. The minimum absolute atomic E-state index is 0.0730. The number of allylic oxidation sites excluding steroid dienone is 1. The first-order valence-electron chi connectivity index (χ1n) is 23.1. The lowest BCUT2D eigenvalue weighted by molar-refractivity contribution is -0.384. The zero-order chi connectivity index (χ0) is 46.5. The van der Waals surface area contributed by atoms with E-state index in [9.17, 15) is 23.3 Å². The molecule has 0 atom stereocenters. The van der Waals surface area contributed by atoms with Crippen LogP contribution in [0.25, 0.3) is 33.3 Å². The van der Waals surface area contributed by atoms with Crippen molar-refractivity contribution in [1.82, 2.24) is 34.3 Å². The van der Waals surface area contributed by atoms with Gasteiger partial charge in [0.1, 0.15) is 11.2 Å². The number of H-pyrrole nitrogens is 1. The van der Waals surface area contributed by atoms with E-state index in [0.717, 1.165) is 100 Å². The molecule has 350 valence electrons. The van der Waals surface area contributed by atoms with Crippen molar-refractivity contribution in [2.45, 2.75) is 69.4 Å². The molecule has 3 fully saturated rings. The summed E-state index contributed by atoms with van der Waals surface area (Å²) in [4.78, 5) is 41.8. The third-order valence-electron chi connectivity index (χ3n) is 13.8. The second-order valence-electron chi connectivity index (χ2n) is 19.1. The van der Waals surface area contributed by atoms with Crippen LogP contribution in [0.3, 0.4) is 0 Å². The van der Waals surface area contributed by atoms with Crippen molar-refractivity contribution < 1.29 is 22.9 Å². The Hall–Kier alpha value is -5.85. The highest BCUT2D eigenvalue weighted by Gasteiger charge is 2.37. The van der Waals surface area contributed by atoms with Crippen molar-refractivity contribution in [2.24, 2.45) is 5.41 Å². The first-order valence-corrected chi connectivity index (χ1v) is 25.0. The number of halogens is 1. The predicted molar refractivity (Wildman–Crippen MR) is 261 cm³/mol. The Kier molecular flexibility index (Phi) is 12.3. The number of sulfonamides is 1. The van der Waals surface area contributed by atoms with Gasteiger partial charge >= 0.3 is 0 Å². The van der Waals surface area contributed by atoms with Gasteiger partial charge < -0.3 is 15.0 Å². The molecule has 3 aromatic carbocycles. The van der Waals surface area contributed by atoms with Crippen molar-refractivity contribution in [3.8, 4) is 5.69 Å². The molecule has 4 aliphatic rings. The predicted octanol–water partition coefficient (Wildman–Crippen LogP) is 8.03. The SMILES string of the molecule is CC1(C)CCC(CN2CCN(c3ccc(C(=O)NS(=O)(=O)c4ccc(NCCCN(C5CC5)C5COC5)c([N+](=O)[O-])c4)c(-n4[nH]cc5nc6nccc6cc54)c3)CC2)=C(c2ccc(Cl)cc2)C1. The zero-order valence-corrected chi connectivity index (χ0v) is 39.3. The second kappa shape index (κ2) is 18.3. The van der Waals surface area contributed by atoms with E-state index in [-0.39, 0.29) is 16.7 Å². The highest BCUT2D eigenvalue weighted by Crippen LogP contribution is 2.43. The molecule has 2 saturated heterocycles. The van der Waals surface area contributed by atoms with Gasteiger partial charge in [-0.2, -0.15) is 0 Å². The van der Waals surface area contributed by atoms with E-state index in [1.807, 2.05) is 36.4 Å². The molecule has 0 spiro atoms. The lowest BCUT2D eigenvalue weighted by atomic mass is 9.72. The quantitative estimate of drug-likeness (QED) is 0.0483. The Bertz CT molecular complexity index is 2990. The molecule has 6 aromatic rings. The van der Waals surface area contributed by atoms with Gasteiger partial charge in [0.2, 0.25) is 0 Å². The number of nitro groups is 1. The molecule has 3 N–H and O–H groups in total. The Labute approximate surface area is 394 Å². The number of nitro benzene ring substituents is 1. The van der Waals surface area contributed by atoms with Gasteiger partial charge in [0.25, 0.3) is 21.6 Å². The topological polar surface area (TPSA) is 184 Å². The van der Waals surface area contributed by atoms with E-state index in [1.54, 1.807) is 23.1 Å². The van der Waals surface area contributed by atoms with E-state index in [1.165, 1.54) is 41.7 Å². The molecule has 16 nitrogen and oxygen atoms in total. The number of hydrogen-bond acceptors (Lipinski definition) is 12. The number of aromatic amines is 1. The van der Waals surface area contributed by atoms with Crippen molar-refractivity contribution in [1.29, 1.82) is 0 Å². The number of nitrogens with zero attached hydrogens (tertiary/aromatic N) is 7. The number of ether oxygens (including phenoxy) is 1. The van der Waals surface area contributed by atoms with E-state index >= 15 is 0 Å². The number of amides is 1. The molecule has 3 aromatic heterocycles. The standard InChI is InChI=1S/C49H55ClN10O6S/c1-49(2)16-14-34(41(27-49)32-4-6-35(50)7-5-32)29-56-20-22-57(23-21-56)37-10-12-40(44(25-37)59-45-24-33-15-18-52-47(33)54-43(45)28-53-59)48(61)55-67(64,65)39-11-13-42(46(26-39)60(62)63)51-17-3-19-58(36-8-9-36)38-30-66-31-38/h4-7,10-13,15,18,24-26,28,36,38,51,53H,3,8-9,14,16-17,19-23,27,29-31H2,1-2H3,(H,55,61). The van der Waals surface area contributed by atoms with Crippen LogP contribution in [-0.2, 0) is 14.8 Å². The maximum absolute atomic E-state index is 14.3. The number of nitrogens with one attached hydrogen (secondary N) is 3. The maximum atomic E-state index is 14.3. The van der Waals surface area contributed by atoms with Gasteiger partial charge in [-0.15, -0.1) is 0 Å². The largest absolute Gasteiger partial charge is 0.379 e. The van der Waals surface area contributed by atoms with Crippen LogP contribution in [0.5, 0.6) is 0 Å². The highest BCUT2D eigenvalue weighted by molar-refractivity contribution is 7.90. The van der Waals surface area contributed by atoms with Crippen molar-refractivity contribution >= 4 is 72.2 Å². The Morgan fingerprint density at radius 3 is 2.54 bits per heavy atom. The summed E-state index contributed by atoms with van der Waals surface area (Å²) in [6.45, 7) is 11.5. The minimum Gasteiger partial charge on any atom is -0.379 e. The van der Waals surface area contributed by atoms with Crippen LogP contribution < -0.4 is 14.9 Å². The molecule has 2 aliphatic heterocycles. The monoisotopic (exact) mass is 946 g/mol. The van der Waals surface area contributed by atoms with Crippen LogP contribution in [0.4, 0.5) is 17.1 Å². The molecule has 0 bridgehead atoms. The lowest BCUT2D eigenvalue weighted by Crippen LogP contribution is -2.50. The van der Waals surface area contributed by atoms with Gasteiger partial charge in [-0.1, -0.05) is 43.2 Å². The summed E-state index contributed by atoms with van der Waals surface area (Å²) in [7, 11) is -4.57. The third-order valence-corrected chi connectivity index (χ3v) is 15.4. The van der Waals surface area contributed by atoms with Crippen LogP contribution in [0.15, 0.2) is 95.7 Å². The summed E-state index contributed by atoms with van der Waals surface area (Å²) in [5.74, 6) is -0.895. The molecule has 2 aliphatic carbocycles. The molecule has 67 heavy (non-hydrogen) atoms. The number of rotatable bonds is 16. The molecule has 10 rings (SSSR count). The van der Waals surface area contributed by atoms with Crippen LogP contribution in [-0.4, -0.2) is 120 Å². The van der Waals surface area contributed by atoms with Crippen LogP contribution in [0.1, 0.15) is 68.3 Å². The molecule has 5 heterocycles. The number of piperazine rings is 1. The van der Waals surface area contributed by atoms with E-state index in [0.29, 0.717) is 41.0 Å². The van der Waals surface area contributed by atoms with Gasteiger partial charge in [-0.3, -0.25) is 34.5 Å². The Morgan fingerprint density at radius 1 is 1.01 bits per heavy atom. The van der Waals surface area contributed by atoms with Crippen molar-refractivity contribution in [3.05, 3.63) is 117 Å². The van der Waals surface area contributed by atoms with Crippen LogP contribution in [0.2, 0.25) is 5.02 Å². The molecule has 1 amide bonds. The first kappa shape index (κ1) is 45.0. The highest BCUT2D eigenvalue weighted by atomic mass is 35.5. The number of carbonyl (C=O) groups excluding carboxylic acids is 1. The fourth-order valence-electron chi connectivity index (χ4n) is 9.79. The summed E-state index contributed by atoms with van der Waals surface area (Å²) in [5.41, 5.74) is 7.35. The van der Waals surface area contributed by atoms with Crippen molar-refractivity contribution in [3.63, 3.8) is 0 Å². The Morgan fingerprint density at radius 2 is 1.81 bits per heavy atom. The number of pyridine rings is 1. The van der Waals surface area contributed by atoms with Crippen LogP contribution >= 0.6 is 11.6 Å². The second-order valence-corrected chi connectivity index (χ2v) is 21.2. The number of fused-ring (bicyclic) bond motifs is 2. The first-order chi connectivity index (χ1) is 32.3. The Balaban J connectivity index is 0.878. The number of aromatic nitrogens is 4. The van der Waals surface area contributed by atoms with Crippen LogP contribution in [0, 0.1) is 15.5 Å². The van der Waals surface area contributed by atoms with Gasteiger partial charge in [-0.25, -0.2) is 23.1 Å². The molecule has 1 saturated carbocycles. The van der Waals surface area contributed by atoms with Crippen molar-refractivity contribution in [2.75, 3.05) is 69.2 Å². The summed E-state index contributed by atoms with van der Waals surface area (Å²) in [6, 6.07) is 22.0. The molecule has 0 unspecified atom stereocenters. The fourth-order valence-corrected chi connectivity index (χ4v) is 10.9. The van der Waals surface area contributed by atoms with E-state index in [4.69, 9.17) is 21.3 Å². The fraction of sp³-hybridized carbons (Fsp3) is 0.408. The number of anilines is 2. The molecule has 18 heteroatoms. The van der Waals surface area contributed by atoms with Gasteiger partial charge in [0, 0.05) is 86.4 Å². The van der Waals surface area contributed by atoms with E-state index < -0.39 is 31.4 Å². The average Bonchev–Trinajstić information content (AvgIpc) is 3.90. The number of hydrogen-bond donors (Lipinski definition) is 3. The summed E-state index contributed by atoms with van der Waals surface area (Å²) < 4.78 is 37.2. The van der Waals surface area contributed by atoms with Gasteiger partial charge in [0.15, 0.2) is 5.65 Å². The lowest BCUT2D eigenvalue weighted by Gasteiger charge is -2.39. The van der Waals surface area contributed by atoms with Gasteiger partial charge in [0.05, 0.1) is 45.8 Å². The minimum atomic E-state index is -4.57. The molecular weight excluding hydrogens is 892 g/mol. The van der Waals surface area contributed by atoms with Gasteiger partial charge in [-0.05, 0) is 110 Å². The number of benzene rings is 3. The molecular formula is C49H55ClN10O6S. The summed E-state index contributed by atoms with van der Waals surface area (Å²) in [6.07, 6.45) is 9.70. The number of carbonyl (C=O) groups is 1. The average molecular weight is 948 g/mol.